The van der Waals surface area contributed by atoms with E-state index in [9.17, 15) is 20.0 Å². The van der Waals surface area contributed by atoms with Crippen molar-refractivity contribution < 1.29 is 14.8 Å². The Balaban J connectivity index is 3.13. The van der Waals surface area contributed by atoms with Crippen LogP contribution in [-0.2, 0) is 4.79 Å². The van der Waals surface area contributed by atoms with E-state index in [2.05, 4.69) is 5.32 Å². The molecule has 6 heteroatoms. The van der Waals surface area contributed by atoms with Crippen molar-refractivity contribution >= 4 is 17.3 Å². The maximum atomic E-state index is 11.3. The summed E-state index contributed by atoms with van der Waals surface area (Å²) in [7, 11) is 0. The van der Waals surface area contributed by atoms with Gasteiger partial charge in [-0.15, -0.1) is 0 Å². The summed E-state index contributed by atoms with van der Waals surface area (Å²) in [6.45, 7) is 8.41. The molecule has 0 spiro atoms. The van der Waals surface area contributed by atoms with Crippen molar-refractivity contribution in [1.29, 1.82) is 0 Å². The van der Waals surface area contributed by atoms with Gasteiger partial charge in [0.25, 0.3) is 5.69 Å². The van der Waals surface area contributed by atoms with Crippen LogP contribution in [0.1, 0.15) is 33.3 Å². The Morgan fingerprint density at radius 1 is 1.30 bits per heavy atom. The number of rotatable bonds is 5. The van der Waals surface area contributed by atoms with Gasteiger partial charge in [-0.1, -0.05) is 6.07 Å². The zero-order valence-corrected chi connectivity index (χ0v) is 12.4. The molecule has 1 aromatic rings. The number of carboxylic acids is 1. The Bertz CT molecular complexity index is 550. The Hall–Kier alpha value is -2.11. The standard InChI is InChI=1S/C14H20N2O4/c1-9-6-7-10(8-11(9)16(19)20)15-14(4,5)13(2,3)12(17)18/h6-8,15H,1-5H3,(H,17,18). The van der Waals surface area contributed by atoms with Crippen molar-refractivity contribution in [2.45, 2.75) is 40.2 Å². The molecule has 0 aliphatic heterocycles. The number of benzene rings is 1. The molecule has 1 aromatic carbocycles. The van der Waals surface area contributed by atoms with Crippen LogP contribution in [0.2, 0.25) is 0 Å². The molecule has 0 aromatic heterocycles. The number of anilines is 1. The van der Waals surface area contributed by atoms with Gasteiger partial charge in [-0.05, 0) is 40.7 Å². The fourth-order valence-corrected chi connectivity index (χ4v) is 1.67. The quantitative estimate of drug-likeness (QED) is 0.638. The van der Waals surface area contributed by atoms with Crippen molar-refractivity contribution in [3.05, 3.63) is 33.9 Å². The smallest absolute Gasteiger partial charge is 0.311 e. The van der Waals surface area contributed by atoms with Crippen LogP contribution in [0, 0.1) is 22.5 Å². The Morgan fingerprint density at radius 2 is 1.85 bits per heavy atom. The number of nitrogens with one attached hydrogen (secondary N) is 1. The number of carboxylic acid groups (broad SMARTS) is 1. The highest BCUT2D eigenvalue weighted by molar-refractivity contribution is 5.76. The molecule has 0 atom stereocenters. The lowest BCUT2D eigenvalue weighted by Crippen LogP contribution is -2.50. The van der Waals surface area contributed by atoms with E-state index in [-0.39, 0.29) is 5.69 Å². The van der Waals surface area contributed by atoms with Gasteiger partial charge in [0, 0.05) is 22.9 Å². The lowest BCUT2D eigenvalue weighted by Gasteiger charge is -2.39. The second-order valence-electron chi connectivity index (χ2n) is 5.94. The van der Waals surface area contributed by atoms with Gasteiger partial charge in [0.05, 0.1) is 10.3 Å². The maximum Gasteiger partial charge on any atom is 0.311 e. The van der Waals surface area contributed by atoms with Gasteiger partial charge >= 0.3 is 5.97 Å². The predicted molar refractivity (Wildman–Crippen MR) is 77.0 cm³/mol. The Labute approximate surface area is 118 Å². The van der Waals surface area contributed by atoms with Gasteiger partial charge in [0.1, 0.15) is 0 Å². The predicted octanol–water partition coefficient (Wildman–Crippen LogP) is 3.20. The number of aliphatic carboxylic acids is 1. The normalized spacial score (nSPS) is 12.1. The minimum Gasteiger partial charge on any atom is -0.481 e. The van der Waals surface area contributed by atoms with Crippen molar-refractivity contribution in [1.82, 2.24) is 0 Å². The van der Waals surface area contributed by atoms with Crippen LogP contribution in [0.5, 0.6) is 0 Å². The van der Waals surface area contributed by atoms with Crippen molar-refractivity contribution in [3.8, 4) is 0 Å². The molecule has 0 saturated carbocycles. The Morgan fingerprint density at radius 3 is 2.30 bits per heavy atom. The van der Waals surface area contributed by atoms with Gasteiger partial charge in [-0.3, -0.25) is 14.9 Å². The van der Waals surface area contributed by atoms with Gasteiger partial charge < -0.3 is 10.4 Å². The first-order valence-electron chi connectivity index (χ1n) is 6.25. The van der Waals surface area contributed by atoms with Crippen molar-refractivity contribution in [2.24, 2.45) is 5.41 Å². The van der Waals surface area contributed by atoms with Crippen LogP contribution in [-0.4, -0.2) is 21.5 Å². The maximum absolute atomic E-state index is 11.3. The molecule has 6 nitrogen and oxygen atoms in total. The first-order chi connectivity index (χ1) is 8.99. The molecular formula is C14H20N2O4. The highest BCUT2D eigenvalue weighted by Crippen LogP contribution is 2.35. The summed E-state index contributed by atoms with van der Waals surface area (Å²) in [5.74, 6) is -0.934. The van der Waals surface area contributed by atoms with E-state index in [1.54, 1.807) is 46.8 Å². The molecule has 0 amide bonds. The molecule has 2 N–H and O–H groups in total. The molecule has 0 radical (unpaired) electrons. The number of carbonyl (C=O) groups is 1. The molecule has 110 valence electrons. The van der Waals surface area contributed by atoms with E-state index in [1.165, 1.54) is 6.07 Å². The van der Waals surface area contributed by atoms with Crippen LogP contribution in [0.4, 0.5) is 11.4 Å². The van der Waals surface area contributed by atoms with Gasteiger partial charge in [0.15, 0.2) is 0 Å². The lowest BCUT2D eigenvalue weighted by atomic mass is 9.74. The number of aryl methyl sites for hydroxylation is 1. The molecule has 0 fully saturated rings. The van der Waals surface area contributed by atoms with E-state index >= 15 is 0 Å². The molecule has 0 aliphatic carbocycles. The van der Waals surface area contributed by atoms with Crippen molar-refractivity contribution in [2.75, 3.05) is 5.32 Å². The van der Waals surface area contributed by atoms with Crippen LogP contribution in [0.25, 0.3) is 0 Å². The molecule has 0 unspecified atom stereocenters. The third kappa shape index (κ3) is 2.89. The highest BCUT2D eigenvalue weighted by Gasteiger charge is 2.43. The average Bonchev–Trinajstić information content (AvgIpc) is 2.30. The number of nitro benzene ring substituents is 1. The van der Waals surface area contributed by atoms with E-state index in [0.717, 1.165) is 0 Å². The summed E-state index contributed by atoms with van der Waals surface area (Å²) < 4.78 is 0. The SMILES string of the molecule is Cc1ccc(NC(C)(C)C(C)(C)C(=O)O)cc1[N+](=O)[O-]. The van der Waals surface area contributed by atoms with E-state index < -0.39 is 21.8 Å². The third-order valence-corrected chi connectivity index (χ3v) is 3.96. The second kappa shape index (κ2) is 5.11. The fourth-order valence-electron chi connectivity index (χ4n) is 1.67. The number of hydrogen-bond acceptors (Lipinski definition) is 4. The zero-order valence-electron chi connectivity index (χ0n) is 12.4. The summed E-state index contributed by atoms with van der Waals surface area (Å²) in [5.41, 5.74) is -0.703. The average molecular weight is 280 g/mol. The third-order valence-electron chi connectivity index (χ3n) is 3.96. The summed E-state index contributed by atoms with van der Waals surface area (Å²) in [5, 5.41) is 23.3. The molecule has 20 heavy (non-hydrogen) atoms. The molecule has 0 heterocycles. The van der Waals surface area contributed by atoms with E-state index in [0.29, 0.717) is 11.3 Å². The highest BCUT2D eigenvalue weighted by atomic mass is 16.6. The summed E-state index contributed by atoms with van der Waals surface area (Å²) in [6.07, 6.45) is 0. The first kappa shape index (κ1) is 15.9. The van der Waals surface area contributed by atoms with E-state index in [1.807, 2.05) is 0 Å². The van der Waals surface area contributed by atoms with Crippen LogP contribution < -0.4 is 5.32 Å². The molecular weight excluding hydrogens is 260 g/mol. The molecule has 1 rings (SSSR count). The van der Waals surface area contributed by atoms with Gasteiger partial charge in [-0.25, -0.2) is 0 Å². The summed E-state index contributed by atoms with van der Waals surface area (Å²) >= 11 is 0. The number of hydrogen-bond donors (Lipinski definition) is 2. The fraction of sp³-hybridized carbons (Fsp3) is 0.500. The lowest BCUT2D eigenvalue weighted by molar-refractivity contribution is -0.385. The van der Waals surface area contributed by atoms with Crippen molar-refractivity contribution in [3.63, 3.8) is 0 Å². The van der Waals surface area contributed by atoms with Gasteiger partial charge in [-0.2, -0.15) is 0 Å². The number of nitrogens with zero attached hydrogens (tertiary/aromatic N) is 1. The summed E-state index contributed by atoms with van der Waals surface area (Å²) in [4.78, 5) is 21.8. The minimum absolute atomic E-state index is 0.0129. The van der Waals surface area contributed by atoms with Crippen LogP contribution in [0.3, 0.4) is 0 Å². The monoisotopic (exact) mass is 280 g/mol. The molecule has 0 aliphatic rings. The zero-order chi connectivity index (χ0) is 15.7. The van der Waals surface area contributed by atoms with Crippen LogP contribution >= 0.6 is 0 Å². The Kier molecular flexibility index (Phi) is 4.07. The first-order valence-corrected chi connectivity index (χ1v) is 6.25. The minimum atomic E-state index is -1.04. The largest absolute Gasteiger partial charge is 0.481 e. The van der Waals surface area contributed by atoms with E-state index in [4.69, 9.17) is 0 Å². The van der Waals surface area contributed by atoms with Crippen LogP contribution in [0.15, 0.2) is 18.2 Å². The second-order valence-corrected chi connectivity index (χ2v) is 5.94. The molecule has 0 saturated heterocycles. The topological polar surface area (TPSA) is 92.5 Å². The summed E-state index contributed by atoms with van der Waals surface area (Å²) in [6, 6.07) is 4.78. The number of nitro groups is 1. The van der Waals surface area contributed by atoms with Gasteiger partial charge in [0.2, 0.25) is 0 Å². The molecule has 0 bridgehead atoms.